The average molecular weight is 316 g/mol. The van der Waals surface area contributed by atoms with Crippen LogP contribution in [-0.2, 0) is 9.59 Å². The summed E-state index contributed by atoms with van der Waals surface area (Å²) in [4.78, 5) is 30.6. The molecule has 0 bridgehead atoms. The van der Waals surface area contributed by atoms with Crippen LogP contribution in [0, 0.1) is 12.8 Å². The minimum absolute atomic E-state index is 0.0328. The number of amides is 2. The number of alkyl halides is 1. The van der Waals surface area contributed by atoms with Crippen LogP contribution in [0.1, 0.15) is 24.6 Å². The van der Waals surface area contributed by atoms with Crippen LogP contribution in [0.5, 0.6) is 0 Å². The van der Waals surface area contributed by atoms with Gasteiger partial charge in [0, 0.05) is 17.6 Å². The fourth-order valence-electron chi connectivity index (χ4n) is 1.84. The van der Waals surface area contributed by atoms with Gasteiger partial charge in [-0.15, -0.1) is 22.9 Å². The van der Waals surface area contributed by atoms with Crippen LogP contribution in [0.3, 0.4) is 0 Å². The average Bonchev–Trinajstić information content (AvgIpc) is 3.10. The third-order valence-corrected chi connectivity index (χ3v) is 4.04. The van der Waals surface area contributed by atoms with Gasteiger partial charge in [-0.25, -0.2) is 4.98 Å². The molecule has 0 aliphatic heterocycles. The molecule has 1 aromatic rings. The number of nitrogens with zero attached hydrogens (tertiary/aromatic N) is 2. The molecular formula is C13H18ClN3O2S. The van der Waals surface area contributed by atoms with E-state index in [0.717, 1.165) is 17.7 Å². The van der Waals surface area contributed by atoms with Crippen molar-refractivity contribution in [2.24, 2.45) is 5.92 Å². The van der Waals surface area contributed by atoms with Gasteiger partial charge in [-0.05, 0) is 32.6 Å². The predicted molar refractivity (Wildman–Crippen MR) is 80.1 cm³/mol. The van der Waals surface area contributed by atoms with E-state index in [1.807, 2.05) is 6.92 Å². The Bertz CT molecular complexity index is 500. The first-order valence-corrected chi connectivity index (χ1v) is 7.86. The Labute approximate surface area is 127 Å². The first-order chi connectivity index (χ1) is 9.45. The molecule has 1 fully saturated rings. The Hall–Kier alpha value is -1.14. The molecule has 7 heteroatoms. The molecule has 1 heterocycles. The van der Waals surface area contributed by atoms with E-state index in [-0.39, 0.29) is 18.4 Å². The quantitative estimate of drug-likeness (QED) is 0.819. The summed E-state index contributed by atoms with van der Waals surface area (Å²) in [6.45, 7) is 4.20. The highest BCUT2D eigenvalue weighted by Gasteiger charge is 2.29. The van der Waals surface area contributed by atoms with Gasteiger partial charge in [0.1, 0.15) is 5.38 Å². The topological polar surface area (TPSA) is 62.3 Å². The third-order valence-electron chi connectivity index (χ3n) is 3.03. The second-order valence-corrected chi connectivity index (χ2v) is 6.99. The van der Waals surface area contributed by atoms with Gasteiger partial charge in [0.15, 0.2) is 5.13 Å². The molecule has 110 valence electrons. The molecule has 1 aliphatic rings. The van der Waals surface area contributed by atoms with Gasteiger partial charge in [0.05, 0.1) is 6.54 Å². The molecule has 1 unspecified atom stereocenters. The third kappa shape index (κ3) is 4.45. The van der Waals surface area contributed by atoms with Crippen molar-refractivity contribution in [3.05, 3.63) is 11.1 Å². The summed E-state index contributed by atoms with van der Waals surface area (Å²) in [5.74, 6) is 0.0963. The van der Waals surface area contributed by atoms with E-state index in [4.69, 9.17) is 11.6 Å². The van der Waals surface area contributed by atoms with E-state index in [9.17, 15) is 9.59 Å². The molecule has 1 aliphatic carbocycles. The molecule has 1 saturated carbocycles. The highest BCUT2D eigenvalue weighted by molar-refractivity contribution is 7.15. The van der Waals surface area contributed by atoms with Crippen molar-refractivity contribution in [2.45, 2.75) is 32.1 Å². The molecule has 1 atom stereocenters. The number of nitrogens with one attached hydrogen (secondary N) is 1. The lowest BCUT2D eigenvalue weighted by Gasteiger charge is -2.23. The van der Waals surface area contributed by atoms with E-state index < -0.39 is 5.38 Å². The van der Waals surface area contributed by atoms with Crippen molar-refractivity contribution in [2.75, 3.05) is 18.4 Å². The van der Waals surface area contributed by atoms with E-state index in [1.54, 1.807) is 18.0 Å². The molecular weight excluding hydrogens is 298 g/mol. The Morgan fingerprint density at radius 2 is 2.30 bits per heavy atom. The Morgan fingerprint density at radius 3 is 2.80 bits per heavy atom. The van der Waals surface area contributed by atoms with Gasteiger partial charge in [0.2, 0.25) is 11.8 Å². The molecule has 0 aromatic carbocycles. The van der Waals surface area contributed by atoms with E-state index in [1.165, 1.54) is 11.3 Å². The highest BCUT2D eigenvalue weighted by atomic mass is 35.5. The minimum atomic E-state index is -0.608. The lowest BCUT2D eigenvalue weighted by atomic mass is 10.3. The summed E-state index contributed by atoms with van der Waals surface area (Å²) in [5, 5.41) is 2.66. The maximum Gasteiger partial charge on any atom is 0.245 e. The van der Waals surface area contributed by atoms with Crippen LogP contribution in [0.25, 0.3) is 0 Å². The number of hydrogen-bond donors (Lipinski definition) is 1. The fourth-order valence-corrected chi connectivity index (χ4v) is 2.66. The number of thiazole rings is 1. The van der Waals surface area contributed by atoms with Crippen molar-refractivity contribution in [3.8, 4) is 0 Å². The molecule has 5 nitrogen and oxygen atoms in total. The van der Waals surface area contributed by atoms with Crippen LogP contribution >= 0.6 is 22.9 Å². The molecule has 2 amide bonds. The van der Waals surface area contributed by atoms with Crippen LogP contribution in [0.15, 0.2) is 6.20 Å². The number of carbonyl (C=O) groups is 2. The summed E-state index contributed by atoms with van der Waals surface area (Å²) in [5.41, 5.74) is 0. The Balaban J connectivity index is 1.92. The summed E-state index contributed by atoms with van der Waals surface area (Å²) >= 11 is 7.25. The predicted octanol–water partition coefficient (Wildman–Crippen LogP) is 2.26. The number of anilines is 1. The van der Waals surface area contributed by atoms with Crippen LogP contribution in [-0.4, -0.2) is 40.2 Å². The van der Waals surface area contributed by atoms with Gasteiger partial charge in [-0.1, -0.05) is 0 Å². The van der Waals surface area contributed by atoms with Gasteiger partial charge in [0.25, 0.3) is 0 Å². The molecule has 0 radical (unpaired) electrons. The number of aromatic nitrogens is 1. The Kier molecular flexibility index (Phi) is 4.99. The van der Waals surface area contributed by atoms with Crippen molar-refractivity contribution >= 4 is 39.9 Å². The first-order valence-electron chi connectivity index (χ1n) is 6.61. The maximum atomic E-state index is 12.0. The van der Waals surface area contributed by atoms with Gasteiger partial charge in [-0.2, -0.15) is 0 Å². The van der Waals surface area contributed by atoms with Crippen molar-refractivity contribution in [1.82, 2.24) is 9.88 Å². The van der Waals surface area contributed by atoms with E-state index in [2.05, 4.69) is 10.3 Å². The van der Waals surface area contributed by atoms with Crippen molar-refractivity contribution < 1.29 is 9.59 Å². The van der Waals surface area contributed by atoms with Crippen LogP contribution in [0.2, 0.25) is 0 Å². The molecule has 1 N–H and O–H groups in total. The SMILES string of the molecule is Cc1cnc(NC(=O)CN(CC2CC2)C(=O)C(C)Cl)s1. The van der Waals surface area contributed by atoms with Crippen LogP contribution in [0.4, 0.5) is 5.13 Å². The number of halogens is 1. The summed E-state index contributed by atoms with van der Waals surface area (Å²) < 4.78 is 0. The van der Waals surface area contributed by atoms with Gasteiger partial charge in [-0.3, -0.25) is 9.59 Å². The van der Waals surface area contributed by atoms with E-state index >= 15 is 0 Å². The molecule has 0 saturated heterocycles. The van der Waals surface area contributed by atoms with Gasteiger partial charge < -0.3 is 10.2 Å². The van der Waals surface area contributed by atoms with Gasteiger partial charge >= 0.3 is 0 Å². The van der Waals surface area contributed by atoms with Crippen molar-refractivity contribution in [3.63, 3.8) is 0 Å². The number of carbonyl (C=O) groups excluding carboxylic acids is 2. The monoisotopic (exact) mass is 315 g/mol. The zero-order valence-corrected chi connectivity index (χ0v) is 13.1. The maximum absolute atomic E-state index is 12.0. The van der Waals surface area contributed by atoms with Crippen molar-refractivity contribution in [1.29, 1.82) is 0 Å². The first kappa shape index (κ1) is 15.3. The summed E-state index contributed by atoms with van der Waals surface area (Å²) in [6, 6.07) is 0. The fraction of sp³-hybridized carbons (Fsp3) is 0.615. The zero-order valence-electron chi connectivity index (χ0n) is 11.6. The molecule has 1 aromatic heterocycles. The molecule has 20 heavy (non-hydrogen) atoms. The van der Waals surface area contributed by atoms with Crippen LogP contribution < -0.4 is 5.32 Å². The van der Waals surface area contributed by atoms with E-state index in [0.29, 0.717) is 17.6 Å². The number of rotatable bonds is 6. The zero-order chi connectivity index (χ0) is 14.7. The second kappa shape index (κ2) is 6.54. The standard InChI is InChI=1S/C13H18ClN3O2S/c1-8-5-15-13(20-8)16-11(18)7-17(6-10-3-4-10)12(19)9(2)14/h5,9-10H,3-4,6-7H2,1-2H3,(H,15,16,18). The minimum Gasteiger partial charge on any atom is -0.332 e. The number of aryl methyl sites for hydroxylation is 1. The highest BCUT2D eigenvalue weighted by Crippen LogP contribution is 2.30. The molecule has 2 rings (SSSR count). The lowest BCUT2D eigenvalue weighted by Crippen LogP contribution is -2.42. The largest absolute Gasteiger partial charge is 0.332 e. The molecule has 0 spiro atoms. The second-order valence-electron chi connectivity index (χ2n) is 5.10. The Morgan fingerprint density at radius 1 is 1.60 bits per heavy atom. The number of hydrogen-bond acceptors (Lipinski definition) is 4. The smallest absolute Gasteiger partial charge is 0.245 e. The lowest BCUT2D eigenvalue weighted by molar-refractivity contribution is -0.134. The summed E-state index contributed by atoms with van der Waals surface area (Å²) in [7, 11) is 0. The normalized spacial score (nSPS) is 15.8. The summed E-state index contributed by atoms with van der Waals surface area (Å²) in [6.07, 6.45) is 3.94.